The second kappa shape index (κ2) is 9.19. The third kappa shape index (κ3) is 4.83. The number of nitriles is 1. The van der Waals surface area contributed by atoms with E-state index in [9.17, 15) is 25.5 Å². The van der Waals surface area contributed by atoms with Gasteiger partial charge in [0.25, 0.3) is 5.69 Å². The molecule has 0 aromatic heterocycles. The summed E-state index contributed by atoms with van der Waals surface area (Å²) in [7, 11) is 1.41. The SMILES string of the molecule is COc1cc(/C=C(/C#N)c2ccccc2)ccc1Oc1ccc([N+](=O)[O-])cc1[N+](=O)[O-]. The van der Waals surface area contributed by atoms with Gasteiger partial charge in [-0.15, -0.1) is 0 Å². The van der Waals surface area contributed by atoms with Gasteiger partial charge in [-0.2, -0.15) is 5.26 Å². The first kappa shape index (κ1) is 21.0. The van der Waals surface area contributed by atoms with Crippen LogP contribution in [0, 0.1) is 31.6 Å². The van der Waals surface area contributed by atoms with Crippen molar-refractivity contribution >= 4 is 23.0 Å². The van der Waals surface area contributed by atoms with E-state index in [-0.39, 0.29) is 17.2 Å². The zero-order chi connectivity index (χ0) is 22.4. The number of hydrogen-bond donors (Lipinski definition) is 0. The smallest absolute Gasteiger partial charge is 0.318 e. The minimum absolute atomic E-state index is 0.167. The maximum absolute atomic E-state index is 11.3. The topological polar surface area (TPSA) is 129 Å². The van der Waals surface area contributed by atoms with Crippen LogP contribution < -0.4 is 9.47 Å². The number of nitro benzene ring substituents is 2. The summed E-state index contributed by atoms with van der Waals surface area (Å²) in [6.07, 6.45) is 1.68. The highest BCUT2D eigenvalue weighted by Gasteiger charge is 2.22. The minimum Gasteiger partial charge on any atom is -0.493 e. The third-order valence-corrected chi connectivity index (χ3v) is 4.27. The zero-order valence-corrected chi connectivity index (χ0v) is 16.2. The molecular formula is C22H15N3O6. The molecule has 0 fully saturated rings. The molecule has 0 saturated heterocycles. The predicted octanol–water partition coefficient (Wildman–Crippen LogP) is 5.37. The van der Waals surface area contributed by atoms with Gasteiger partial charge in [0.05, 0.1) is 34.7 Å². The summed E-state index contributed by atoms with van der Waals surface area (Å²) in [6, 6.07) is 19.2. The fourth-order valence-corrected chi connectivity index (χ4v) is 2.79. The van der Waals surface area contributed by atoms with Crippen LogP contribution in [-0.4, -0.2) is 17.0 Å². The maximum atomic E-state index is 11.3. The quantitative estimate of drug-likeness (QED) is 0.219. The molecule has 3 aromatic carbocycles. The number of nitrogens with zero attached hydrogens (tertiary/aromatic N) is 3. The lowest BCUT2D eigenvalue weighted by atomic mass is 10.0. The summed E-state index contributed by atoms with van der Waals surface area (Å²) in [5.74, 6) is 0.278. The molecule has 0 radical (unpaired) electrons. The average molecular weight is 417 g/mol. The molecule has 0 saturated carbocycles. The molecule has 9 heteroatoms. The van der Waals surface area contributed by atoms with Crippen molar-refractivity contribution in [3.8, 4) is 23.3 Å². The van der Waals surface area contributed by atoms with Gasteiger partial charge in [0.1, 0.15) is 0 Å². The third-order valence-electron chi connectivity index (χ3n) is 4.27. The van der Waals surface area contributed by atoms with Gasteiger partial charge >= 0.3 is 5.69 Å². The van der Waals surface area contributed by atoms with E-state index >= 15 is 0 Å². The number of non-ortho nitro benzene ring substituents is 1. The number of methoxy groups -OCH3 is 1. The van der Waals surface area contributed by atoms with E-state index in [0.717, 1.165) is 23.8 Å². The molecule has 0 spiro atoms. The standard InChI is InChI=1S/C22H15N3O6/c1-30-22-12-15(11-17(14-23)16-5-3-2-4-6-16)7-9-21(22)31-20-10-8-18(24(26)27)13-19(20)25(28)29/h2-13H,1H3/b17-11-. The summed E-state index contributed by atoms with van der Waals surface area (Å²) in [5.41, 5.74) is 0.892. The van der Waals surface area contributed by atoms with Crippen LogP contribution in [0.1, 0.15) is 11.1 Å². The van der Waals surface area contributed by atoms with Crippen LogP contribution in [-0.2, 0) is 0 Å². The molecule has 0 aliphatic rings. The Labute approximate surface area is 176 Å². The lowest BCUT2D eigenvalue weighted by molar-refractivity contribution is -0.394. The summed E-state index contributed by atoms with van der Waals surface area (Å²) < 4.78 is 10.9. The molecular weight excluding hydrogens is 402 g/mol. The van der Waals surface area contributed by atoms with Gasteiger partial charge in [0.2, 0.25) is 5.75 Å². The van der Waals surface area contributed by atoms with Crippen LogP contribution >= 0.6 is 0 Å². The van der Waals surface area contributed by atoms with E-state index < -0.39 is 21.2 Å². The lowest BCUT2D eigenvalue weighted by Gasteiger charge is -2.11. The summed E-state index contributed by atoms with van der Waals surface area (Å²) >= 11 is 0. The summed E-state index contributed by atoms with van der Waals surface area (Å²) in [5, 5.41) is 31.7. The predicted molar refractivity (Wildman–Crippen MR) is 113 cm³/mol. The van der Waals surface area contributed by atoms with Crippen LogP contribution in [0.3, 0.4) is 0 Å². The van der Waals surface area contributed by atoms with Crippen molar-refractivity contribution in [1.29, 1.82) is 5.26 Å². The second-order valence-corrected chi connectivity index (χ2v) is 6.21. The number of allylic oxidation sites excluding steroid dienone is 1. The van der Waals surface area contributed by atoms with Crippen molar-refractivity contribution in [2.24, 2.45) is 0 Å². The van der Waals surface area contributed by atoms with E-state index in [1.807, 2.05) is 30.3 Å². The van der Waals surface area contributed by atoms with Gasteiger partial charge in [-0.25, -0.2) is 0 Å². The fourth-order valence-electron chi connectivity index (χ4n) is 2.79. The molecule has 0 aliphatic carbocycles. The van der Waals surface area contributed by atoms with E-state index in [0.29, 0.717) is 11.1 Å². The first-order valence-electron chi connectivity index (χ1n) is 8.89. The zero-order valence-electron chi connectivity index (χ0n) is 16.2. The highest BCUT2D eigenvalue weighted by Crippen LogP contribution is 2.38. The Morgan fingerprint density at radius 3 is 2.26 bits per heavy atom. The van der Waals surface area contributed by atoms with Crippen LogP contribution in [0.4, 0.5) is 11.4 Å². The van der Waals surface area contributed by atoms with Crippen LogP contribution in [0.5, 0.6) is 17.2 Å². The van der Waals surface area contributed by atoms with E-state index in [1.54, 1.807) is 18.2 Å². The molecule has 9 nitrogen and oxygen atoms in total. The first-order valence-corrected chi connectivity index (χ1v) is 8.89. The molecule has 3 aromatic rings. The molecule has 0 unspecified atom stereocenters. The van der Waals surface area contributed by atoms with Crippen molar-refractivity contribution in [3.05, 3.63) is 98.1 Å². The lowest BCUT2D eigenvalue weighted by Crippen LogP contribution is -1.97. The first-order chi connectivity index (χ1) is 14.9. The van der Waals surface area contributed by atoms with Gasteiger partial charge in [0.15, 0.2) is 11.5 Å². The van der Waals surface area contributed by atoms with E-state index in [1.165, 1.54) is 13.2 Å². The molecule has 0 bridgehead atoms. The monoisotopic (exact) mass is 417 g/mol. The van der Waals surface area contributed by atoms with Gasteiger partial charge in [-0.3, -0.25) is 20.2 Å². The Morgan fingerprint density at radius 1 is 0.935 bits per heavy atom. The van der Waals surface area contributed by atoms with Crippen molar-refractivity contribution in [2.75, 3.05) is 7.11 Å². The van der Waals surface area contributed by atoms with E-state index in [4.69, 9.17) is 9.47 Å². The number of rotatable bonds is 7. The molecule has 0 aliphatic heterocycles. The molecule has 31 heavy (non-hydrogen) atoms. The van der Waals surface area contributed by atoms with Gasteiger partial charge in [0, 0.05) is 6.07 Å². The number of nitro groups is 2. The Kier molecular flexibility index (Phi) is 6.23. The summed E-state index contributed by atoms with van der Waals surface area (Å²) in [4.78, 5) is 20.7. The Balaban J connectivity index is 1.96. The van der Waals surface area contributed by atoms with Crippen molar-refractivity contribution in [2.45, 2.75) is 0 Å². The van der Waals surface area contributed by atoms with Crippen LogP contribution in [0.15, 0.2) is 66.7 Å². The van der Waals surface area contributed by atoms with Crippen molar-refractivity contribution in [1.82, 2.24) is 0 Å². The van der Waals surface area contributed by atoms with Crippen molar-refractivity contribution in [3.63, 3.8) is 0 Å². The molecule has 0 heterocycles. The van der Waals surface area contributed by atoms with Gasteiger partial charge in [-0.1, -0.05) is 36.4 Å². The minimum atomic E-state index is -0.759. The Bertz CT molecular complexity index is 1220. The number of benzene rings is 3. The normalized spacial score (nSPS) is 10.8. The molecule has 0 atom stereocenters. The van der Waals surface area contributed by atoms with Crippen LogP contribution in [0.25, 0.3) is 11.6 Å². The Hall–Kier alpha value is -4.71. The maximum Gasteiger partial charge on any atom is 0.318 e. The molecule has 154 valence electrons. The highest BCUT2D eigenvalue weighted by atomic mass is 16.6. The van der Waals surface area contributed by atoms with E-state index in [2.05, 4.69) is 6.07 Å². The van der Waals surface area contributed by atoms with Crippen molar-refractivity contribution < 1.29 is 19.3 Å². The fraction of sp³-hybridized carbons (Fsp3) is 0.0455. The molecule has 0 amide bonds. The molecule has 0 N–H and O–H groups in total. The average Bonchev–Trinajstić information content (AvgIpc) is 2.78. The number of ether oxygens (including phenoxy) is 2. The number of hydrogen-bond acceptors (Lipinski definition) is 7. The largest absolute Gasteiger partial charge is 0.493 e. The van der Waals surface area contributed by atoms with Crippen LogP contribution in [0.2, 0.25) is 0 Å². The second-order valence-electron chi connectivity index (χ2n) is 6.21. The van der Waals surface area contributed by atoms with Gasteiger partial charge < -0.3 is 9.47 Å². The van der Waals surface area contributed by atoms with Gasteiger partial charge in [-0.05, 0) is 35.4 Å². The Morgan fingerprint density at radius 2 is 1.65 bits per heavy atom. The molecule has 3 rings (SSSR count). The summed E-state index contributed by atoms with van der Waals surface area (Å²) in [6.45, 7) is 0. The highest BCUT2D eigenvalue weighted by molar-refractivity contribution is 5.89.